The van der Waals surface area contributed by atoms with Crippen molar-refractivity contribution in [3.8, 4) is 5.69 Å². The highest BCUT2D eigenvalue weighted by Crippen LogP contribution is 2.50. The molecule has 50 heavy (non-hydrogen) atoms. The van der Waals surface area contributed by atoms with Gasteiger partial charge in [-0.25, -0.2) is 0 Å². The van der Waals surface area contributed by atoms with E-state index in [9.17, 15) is 0 Å². The van der Waals surface area contributed by atoms with Crippen LogP contribution in [0.1, 0.15) is 23.2 Å². The molecule has 0 bridgehead atoms. The zero-order valence-electron chi connectivity index (χ0n) is 27.6. The number of fused-ring (bicyclic) bond motifs is 10. The highest BCUT2D eigenvalue weighted by atomic mass is 15.2. The lowest BCUT2D eigenvalue weighted by Gasteiger charge is -2.31. The third-order valence-electron chi connectivity index (χ3n) is 11.4. The topological polar surface area (TPSA) is 8.17 Å². The first-order chi connectivity index (χ1) is 24.8. The lowest BCUT2D eigenvalue weighted by Crippen LogP contribution is -2.28. The van der Waals surface area contributed by atoms with Gasteiger partial charge in [0.15, 0.2) is 0 Å². The van der Waals surface area contributed by atoms with Crippen molar-refractivity contribution in [2.45, 2.75) is 18.9 Å². The molecule has 2 heterocycles. The Morgan fingerprint density at radius 3 is 2.18 bits per heavy atom. The highest BCUT2D eigenvalue weighted by molar-refractivity contribution is 6.08. The van der Waals surface area contributed by atoms with Crippen LogP contribution in [0, 0.1) is 5.92 Å². The standard InChI is InChI=1S/C48H34N2/c1-3-13-37-32(11-1)20-21-35-28-36(24-25-38(35)37)49-45-17-7-5-15-40(45)42-29-33(22-26-47(42)49)34-23-27-48-43(30-34)41-16-6-8-18-46(41)50(48)44-19-9-12-31-10-2-4-14-39(31)44/h1-26,28,30,33,48H,27,29H2. The van der Waals surface area contributed by atoms with Crippen molar-refractivity contribution >= 4 is 66.2 Å². The minimum atomic E-state index is 0.289. The highest BCUT2D eigenvalue weighted by Gasteiger charge is 2.37. The first-order valence-electron chi connectivity index (χ1n) is 17.8. The zero-order valence-corrected chi connectivity index (χ0v) is 27.6. The molecule has 0 saturated carbocycles. The smallest absolute Gasteiger partial charge is 0.0633 e. The molecule has 2 heteroatoms. The Kier molecular flexibility index (Phi) is 5.94. The molecule has 0 N–H and O–H groups in total. The lowest BCUT2D eigenvalue weighted by molar-refractivity contribution is 0.737. The number of hydrogen-bond donors (Lipinski definition) is 0. The molecule has 0 saturated heterocycles. The molecule has 2 atom stereocenters. The van der Waals surface area contributed by atoms with Crippen LogP contribution in [0.5, 0.6) is 0 Å². The van der Waals surface area contributed by atoms with E-state index in [1.54, 1.807) is 0 Å². The van der Waals surface area contributed by atoms with Crippen LogP contribution < -0.4 is 4.90 Å². The third-order valence-corrected chi connectivity index (χ3v) is 11.4. The third kappa shape index (κ3) is 4.02. The molecule has 0 radical (unpaired) electrons. The Balaban J connectivity index is 0.983. The largest absolute Gasteiger partial charge is 0.332 e. The number of nitrogens with zero attached hydrogens (tertiary/aromatic N) is 2. The van der Waals surface area contributed by atoms with E-state index in [0.717, 1.165) is 12.8 Å². The Bertz CT molecular complexity index is 2790. The quantitative estimate of drug-likeness (QED) is 0.175. The molecule has 2 nitrogen and oxygen atoms in total. The fraction of sp³-hybridized carbons (Fsp3) is 0.0833. The first-order valence-corrected chi connectivity index (χ1v) is 17.8. The molecular formula is C48H34N2. The van der Waals surface area contributed by atoms with Crippen LogP contribution in [0.4, 0.5) is 11.4 Å². The molecule has 3 aliphatic rings. The summed E-state index contributed by atoms with van der Waals surface area (Å²) in [6, 6.07) is 53.9. The van der Waals surface area contributed by atoms with Crippen LogP contribution in [0.15, 0.2) is 169 Å². The van der Waals surface area contributed by atoms with E-state index >= 15 is 0 Å². The molecule has 2 aliphatic carbocycles. The summed E-state index contributed by atoms with van der Waals surface area (Å²) in [5, 5.41) is 9.10. The number of anilines is 2. The van der Waals surface area contributed by atoms with Crippen molar-refractivity contribution in [1.82, 2.24) is 4.57 Å². The first kappa shape index (κ1) is 27.8. The number of hydrogen-bond acceptors (Lipinski definition) is 1. The number of para-hydroxylation sites is 2. The van der Waals surface area contributed by atoms with E-state index in [4.69, 9.17) is 0 Å². The van der Waals surface area contributed by atoms with Gasteiger partial charge in [-0.2, -0.15) is 0 Å². The van der Waals surface area contributed by atoms with Gasteiger partial charge in [0.1, 0.15) is 0 Å². The van der Waals surface area contributed by atoms with Crippen LogP contribution in [0.25, 0.3) is 60.6 Å². The average molecular weight is 639 g/mol. The second kappa shape index (κ2) is 10.7. The van der Waals surface area contributed by atoms with Gasteiger partial charge in [0.05, 0.1) is 11.6 Å². The molecule has 1 aliphatic heterocycles. The maximum absolute atomic E-state index is 2.59. The summed E-state index contributed by atoms with van der Waals surface area (Å²) in [4.78, 5) is 2.59. The SMILES string of the molecule is C1=CC(C2=CCC3C(=C2)c2ccccc2N3c2cccc3ccccc23)Cc2c1n(-c1ccc3c(ccc4ccccc43)c1)c1ccccc21. The number of benzene rings is 7. The second-order valence-corrected chi connectivity index (χ2v) is 14.0. The van der Waals surface area contributed by atoms with Gasteiger partial charge >= 0.3 is 0 Å². The monoisotopic (exact) mass is 638 g/mol. The van der Waals surface area contributed by atoms with E-state index in [1.165, 1.54) is 88.2 Å². The summed E-state index contributed by atoms with van der Waals surface area (Å²) in [6.07, 6.45) is 11.9. The molecule has 236 valence electrons. The molecular weight excluding hydrogens is 605 g/mol. The Morgan fingerprint density at radius 2 is 1.26 bits per heavy atom. The molecule has 1 aromatic heterocycles. The van der Waals surface area contributed by atoms with E-state index in [2.05, 4.69) is 179 Å². The number of aromatic nitrogens is 1. The molecule has 0 amide bonds. The Hall–Kier alpha value is -6.12. The summed E-state index contributed by atoms with van der Waals surface area (Å²) >= 11 is 0. The summed E-state index contributed by atoms with van der Waals surface area (Å²) in [5.41, 5.74) is 12.1. The van der Waals surface area contributed by atoms with Crippen molar-refractivity contribution in [3.63, 3.8) is 0 Å². The molecule has 2 unspecified atom stereocenters. The second-order valence-electron chi connectivity index (χ2n) is 14.0. The van der Waals surface area contributed by atoms with Gasteiger partial charge in [0.25, 0.3) is 0 Å². The van der Waals surface area contributed by atoms with Crippen molar-refractivity contribution in [3.05, 3.63) is 186 Å². The van der Waals surface area contributed by atoms with E-state index in [0.29, 0.717) is 5.92 Å². The zero-order chi connectivity index (χ0) is 32.8. The number of allylic oxidation sites excluding steroid dienone is 3. The summed E-state index contributed by atoms with van der Waals surface area (Å²) in [7, 11) is 0. The van der Waals surface area contributed by atoms with Crippen LogP contribution in [0.2, 0.25) is 0 Å². The summed E-state index contributed by atoms with van der Waals surface area (Å²) in [6.45, 7) is 0. The fourth-order valence-corrected chi connectivity index (χ4v) is 9.14. The predicted molar refractivity (Wildman–Crippen MR) is 212 cm³/mol. The Labute approximate surface area is 291 Å². The van der Waals surface area contributed by atoms with Gasteiger partial charge in [-0.05, 0) is 92.9 Å². The molecule has 0 spiro atoms. The molecule has 8 aromatic rings. The van der Waals surface area contributed by atoms with Crippen LogP contribution in [-0.4, -0.2) is 10.6 Å². The minimum absolute atomic E-state index is 0.289. The summed E-state index contributed by atoms with van der Waals surface area (Å²) in [5.74, 6) is 0.331. The minimum Gasteiger partial charge on any atom is -0.332 e. The lowest BCUT2D eigenvalue weighted by atomic mass is 9.81. The predicted octanol–water partition coefficient (Wildman–Crippen LogP) is 12.2. The van der Waals surface area contributed by atoms with E-state index in [-0.39, 0.29) is 6.04 Å². The average Bonchev–Trinajstić information content (AvgIpc) is 3.69. The van der Waals surface area contributed by atoms with Crippen LogP contribution >= 0.6 is 0 Å². The van der Waals surface area contributed by atoms with Crippen molar-refractivity contribution < 1.29 is 0 Å². The van der Waals surface area contributed by atoms with Crippen molar-refractivity contribution in [2.75, 3.05) is 4.90 Å². The van der Waals surface area contributed by atoms with Gasteiger partial charge in [0, 0.05) is 45.0 Å². The molecule has 7 aromatic carbocycles. The van der Waals surface area contributed by atoms with Gasteiger partial charge in [0.2, 0.25) is 0 Å². The van der Waals surface area contributed by atoms with Crippen molar-refractivity contribution in [2.24, 2.45) is 5.92 Å². The number of rotatable bonds is 3. The van der Waals surface area contributed by atoms with E-state index < -0.39 is 0 Å². The maximum atomic E-state index is 2.59. The fourth-order valence-electron chi connectivity index (χ4n) is 9.14. The normalized spacial score (nSPS) is 18.0. The summed E-state index contributed by atoms with van der Waals surface area (Å²) < 4.78 is 2.48. The molecule has 11 rings (SSSR count). The maximum Gasteiger partial charge on any atom is 0.0633 e. The van der Waals surface area contributed by atoms with Crippen molar-refractivity contribution in [1.29, 1.82) is 0 Å². The van der Waals surface area contributed by atoms with Crippen LogP contribution in [-0.2, 0) is 6.42 Å². The van der Waals surface area contributed by atoms with Gasteiger partial charge in [-0.15, -0.1) is 0 Å². The van der Waals surface area contributed by atoms with Gasteiger partial charge < -0.3 is 9.47 Å². The van der Waals surface area contributed by atoms with Gasteiger partial charge in [-0.1, -0.05) is 133 Å². The van der Waals surface area contributed by atoms with E-state index in [1.807, 2.05) is 0 Å². The van der Waals surface area contributed by atoms with Gasteiger partial charge in [-0.3, -0.25) is 0 Å². The van der Waals surface area contributed by atoms with Crippen LogP contribution in [0.3, 0.4) is 0 Å². The molecule has 0 fully saturated rings. The Morgan fingerprint density at radius 1 is 0.560 bits per heavy atom.